The molecule has 3 N–H and O–H groups in total. The van der Waals surface area contributed by atoms with Gasteiger partial charge in [-0.2, -0.15) is 13.2 Å². The second-order valence-corrected chi connectivity index (χ2v) is 5.50. The van der Waals surface area contributed by atoms with Gasteiger partial charge in [-0.3, -0.25) is 4.79 Å². The van der Waals surface area contributed by atoms with Crippen molar-refractivity contribution >= 4 is 5.91 Å². The molecule has 7 heteroatoms. The van der Waals surface area contributed by atoms with E-state index in [1.54, 1.807) is 6.07 Å². The number of rotatable bonds is 5. The lowest BCUT2D eigenvalue weighted by molar-refractivity contribution is -0.264. The second kappa shape index (κ2) is 6.66. The van der Waals surface area contributed by atoms with Crippen LogP contribution in [-0.2, 0) is 10.4 Å². The van der Waals surface area contributed by atoms with Crippen molar-refractivity contribution in [2.24, 2.45) is 0 Å². The quantitative estimate of drug-likeness (QED) is 0.775. The van der Waals surface area contributed by atoms with Crippen molar-refractivity contribution in [3.8, 4) is 0 Å². The van der Waals surface area contributed by atoms with Crippen LogP contribution in [0.2, 0.25) is 0 Å². The van der Waals surface area contributed by atoms with E-state index in [0.717, 1.165) is 19.4 Å². The van der Waals surface area contributed by atoms with E-state index in [2.05, 4.69) is 10.6 Å². The smallest absolute Gasteiger partial charge is 0.375 e. The lowest BCUT2D eigenvalue weighted by atomic mass is 9.93. The van der Waals surface area contributed by atoms with Crippen LogP contribution in [0.3, 0.4) is 0 Å². The van der Waals surface area contributed by atoms with Gasteiger partial charge in [0.15, 0.2) is 0 Å². The standard InChI is InChI=1S/C15H19F3N2O2/c16-15(17,18)14(22,11-5-2-1-3-6-11)10-20-13(21)9-12-7-4-8-19-12/h1-3,5-6,12,19,22H,4,7-10H2,(H,20,21). The lowest BCUT2D eigenvalue weighted by Gasteiger charge is -2.31. The number of aliphatic hydroxyl groups is 1. The van der Waals surface area contributed by atoms with E-state index in [0.29, 0.717) is 0 Å². The van der Waals surface area contributed by atoms with Crippen molar-refractivity contribution in [1.82, 2.24) is 10.6 Å². The third-order valence-corrected chi connectivity index (χ3v) is 3.86. The average Bonchev–Trinajstić information content (AvgIpc) is 2.97. The van der Waals surface area contributed by atoms with Crippen molar-refractivity contribution in [3.63, 3.8) is 0 Å². The number of amides is 1. The van der Waals surface area contributed by atoms with Crippen LogP contribution < -0.4 is 10.6 Å². The summed E-state index contributed by atoms with van der Waals surface area (Å²) in [5, 5.41) is 15.4. The first-order chi connectivity index (χ1) is 10.3. The second-order valence-electron chi connectivity index (χ2n) is 5.50. The van der Waals surface area contributed by atoms with Gasteiger partial charge in [-0.25, -0.2) is 0 Å². The molecule has 0 bridgehead atoms. The summed E-state index contributed by atoms with van der Waals surface area (Å²) in [5.74, 6) is -0.502. The normalized spacial score (nSPS) is 21.4. The molecular weight excluding hydrogens is 297 g/mol. The van der Waals surface area contributed by atoms with Crippen LogP contribution in [-0.4, -0.2) is 36.3 Å². The van der Waals surface area contributed by atoms with E-state index in [4.69, 9.17) is 0 Å². The van der Waals surface area contributed by atoms with Gasteiger partial charge in [0, 0.05) is 12.5 Å². The summed E-state index contributed by atoms with van der Waals surface area (Å²) < 4.78 is 39.7. The summed E-state index contributed by atoms with van der Waals surface area (Å²) >= 11 is 0. The van der Waals surface area contributed by atoms with Crippen molar-refractivity contribution in [1.29, 1.82) is 0 Å². The molecule has 2 unspecified atom stereocenters. The zero-order chi connectivity index (χ0) is 16.2. The Balaban J connectivity index is 2.03. The van der Waals surface area contributed by atoms with Gasteiger partial charge >= 0.3 is 6.18 Å². The van der Waals surface area contributed by atoms with Crippen LogP contribution in [0.5, 0.6) is 0 Å². The maximum absolute atomic E-state index is 13.2. The Morgan fingerprint density at radius 2 is 2.00 bits per heavy atom. The Morgan fingerprint density at radius 1 is 1.32 bits per heavy atom. The molecule has 1 fully saturated rings. The average molecular weight is 316 g/mol. The summed E-state index contributed by atoms with van der Waals surface area (Å²) in [5.41, 5.74) is -3.38. The number of halogens is 3. The molecule has 0 aliphatic carbocycles. The van der Waals surface area contributed by atoms with Gasteiger partial charge in [-0.05, 0) is 24.9 Å². The molecule has 1 heterocycles. The molecule has 122 valence electrons. The van der Waals surface area contributed by atoms with Crippen LogP contribution in [0.25, 0.3) is 0 Å². The van der Waals surface area contributed by atoms with E-state index >= 15 is 0 Å². The monoisotopic (exact) mass is 316 g/mol. The molecule has 1 aromatic rings. The zero-order valence-electron chi connectivity index (χ0n) is 12.0. The van der Waals surface area contributed by atoms with E-state index in [1.807, 2.05) is 0 Å². The summed E-state index contributed by atoms with van der Waals surface area (Å²) in [6, 6.07) is 6.77. The molecule has 1 aliphatic heterocycles. The van der Waals surface area contributed by atoms with Crippen LogP contribution in [0.4, 0.5) is 13.2 Å². The number of nitrogens with one attached hydrogen (secondary N) is 2. The highest BCUT2D eigenvalue weighted by Crippen LogP contribution is 2.38. The van der Waals surface area contributed by atoms with Gasteiger partial charge in [-0.15, -0.1) is 0 Å². The number of hydrogen-bond acceptors (Lipinski definition) is 3. The fourth-order valence-corrected chi connectivity index (χ4v) is 2.53. The van der Waals surface area contributed by atoms with Crippen molar-refractivity contribution in [2.75, 3.05) is 13.1 Å². The largest absolute Gasteiger partial charge is 0.423 e. The van der Waals surface area contributed by atoms with Gasteiger partial charge in [0.05, 0.1) is 6.54 Å². The first-order valence-corrected chi connectivity index (χ1v) is 7.17. The molecule has 0 spiro atoms. The van der Waals surface area contributed by atoms with Crippen LogP contribution in [0, 0.1) is 0 Å². The number of carbonyl (C=O) groups excluding carboxylic acids is 1. The molecule has 0 saturated carbocycles. The molecule has 22 heavy (non-hydrogen) atoms. The molecular formula is C15H19F3N2O2. The Labute approximate surface area is 126 Å². The van der Waals surface area contributed by atoms with E-state index in [1.165, 1.54) is 24.3 Å². The summed E-state index contributed by atoms with van der Waals surface area (Å²) in [6.45, 7) is -0.0828. The lowest BCUT2D eigenvalue weighted by Crippen LogP contribution is -2.51. The van der Waals surface area contributed by atoms with Crippen molar-refractivity contribution < 1.29 is 23.1 Å². The summed E-state index contributed by atoms with van der Waals surface area (Å²) in [4.78, 5) is 11.8. The van der Waals surface area contributed by atoms with Gasteiger partial charge in [-0.1, -0.05) is 30.3 Å². The first kappa shape index (κ1) is 16.8. The summed E-state index contributed by atoms with van der Waals surface area (Å²) in [6.07, 6.45) is -2.99. The molecule has 2 rings (SSSR count). The maximum Gasteiger partial charge on any atom is 0.423 e. The van der Waals surface area contributed by atoms with Gasteiger partial charge in [0.2, 0.25) is 11.5 Å². The van der Waals surface area contributed by atoms with Gasteiger partial charge in [0.1, 0.15) is 0 Å². The van der Waals surface area contributed by atoms with E-state index < -0.39 is 24.2 Å². The number of benzene rings is 1. The third-order valence-electron chi connectivity index (χ3n) is 3.86. The van der Waals surface area contributed by atoms with Crippen LogP contribution in [0.1, 0.15) is 24.8 Å². The fraction of sp³-hybridized carbons (Fsp3) is 0.533. The fourth-order valence-electron chi connectivity index (χ4n) is 2.53. The van der Waals surface area contributed by atoms with Crippen molar-refractivity contribution in [2.45, 2.75) is 37.1 Å². The predicted molar refractivity (Wildman–Crippen MR) is 75.0 cm³/mol. The molecule has 1 saturated heterocycles. The topological polar surface area (TPSA) is 61.4 Å². The Morgan fingerprint density at radius 3 is 2.55 bits per heavy atom. The summed E-state index contributed by atoms with van der Waals surface area (Å²) in [7, 11) is 0. The highest BCUT2D eigenvalue weighted by atomic mass is 19.4. The molecule has 1 aromatic carbocycles. The minimum atomic E-state index is -4.88. The molecule has 0 radical (unpaired) electrons. The van der Waals surface area contributed by atoms with Gasteiger partial charge < -0.3 is 15.7 Å². The van der Waals surface area contributed by atoms with Crippen LogP contribution in [0.15, 0.2) is 30.3 Å². The molecule has 0 aromatic heterocycles. The molecule has 4 nitrogen and oxygen atoms in total. The Bertz CT molecular complexity index is 501. The third kappa shape index (κ3) is 3.78. The number of alkyl halides is 3. The van der Waals surface area contributed by atoms with Crippen LogP contribution >= 0.6 is 0 Å². The first-order valence-electron chi connectivity index (χ1n) is 7.17. The van der Waals surface area contributed by atoms with E-state index in [9.17, 15) is 23.1 Å². The predicted octanol–water partition coefficient (Wildman–Crippen LogP) is 1.69. The highest BCUT2D eigenvalue weighted by Gasteiger charge is 2.55. The minimum Gasteiger partial charge on any atom is -0.375 e. The number of carbonyl (C=O) groups is 1. The molecule has 2 atom stereocenters. The SMILES string of the molecule is O=C(CC1CCCN1)NCC(O)(c1ccccc1)C(F)(F)F. The zero-order valence-corrected chi connectivity index (χ0v) is 12.0. The van der Waals surface area contributed by atoms with Gasteiger partial charge in [0.25, 0.3) is 0 Å². The molecule has 1 amide bonds. The molecule has 1 aliphatic rings. The Hall–Kier alpha value is -1.60. The minimum absolute atomic E-state index is 0.00398. The maximum atomic E-state index is 13.2. The Kier molecular flexibility index (Phi) is 5.08. The van der Waals surface area contributed by atoms with Crippen molar-refractivity contribution in [3.05, 3.63) is 35.9 Å². The highest BCUT2D eigenvalue weighted by molar-refractivity contribution is 5.76. The van der Waals surface area contributed by atoms with E-state index in [-0.39, 0.29) is 18.0 Å². The number of hydrogen-bond donors (Lipinski definition) is 3.